The monoisotopic (exact) mass is 291 g/mol. The van der Waals surface area contributed by atoms with Gasteiger partial charge in [-0.05, 0) is 38.8 Å². The van der Waals surface area contributed by atoms with Crippen LogP contribution in [0.3, 0.4) is 0 Å². The Hall–Kier alpha value is -1.36. The van der Waals surface area contributed by atoms with Crippen LogP contribution in [0.2, 0.25) is 0 Å². The molecule has 0 bridgehead atoms. The standard InChI is InChI=1S/C16H29N5/c1-4-7-14-19-15(17-5-2)10-16(20-14)18-11-13-8-9-21(6-3)12-13/h10,13H,4-9,11-12H2,1-3H3,(H2,17,18,19,20). The van der Waals surface area contributed by atoms with Gasteiger partial charge in [0.25, 0.3) is 0 Å². The van der Waals surface area contributed by atoms with Gasteiger partial charge in [-0.3, -0.25) is 0 Å². The fraction of sp³-hybridized carbons (Fsp3) is 0.750. The molecule has 118 valence electrons. The molecule has 1 saturated heterocycles. The van der Waals surface area contributed by atoms with Crippen molar-refractivity contribution in [1.29, 1.82) is 0 Å². The van der Waals surface area contributed by atoms with Crippen LogP contribution in [0.4, 0.5) is 11.6 Å². The maximum Gasteiger partial charge on any atom is 0.133 e. The predicted molar refractivity (Wildman–Crippen MR) is 88.9 cm³/mol. The van der Waals surface area contributed by atoms with E-state index in [1.54, 1.807) is 0 Å². The maximum absolute atomic E-state index is 4.63. The Bertz CT molecular complexity index is 410. The van der Waals surface area contributed by atoms with Gasteiger partial charge < -0.3 is 15.5 Å². The summed E-state index contributed by atoms with van der Waals surface area (Å²) in [6, 6.07) is 2.02. The molecule has 1 aliphatic heterocycles. The van der Waals surface area contributed by atoms with Crippen molar-refractivity contribution in [3.8, 4) is 0 Å². The highest BCUT2D eigenvalue weighted by Crippen LogP contribution is 2.18. The van der Waals surface area contributed by atoms with E-state index in [0.717, 1.165) is 55.9 Å². The lowest BCUT2D eigenvalue weighted by Crippen LogP contribution is -2.22. The van der Waals surface area contributed by atoms with E-state index >= 15 is 0 Å². The van der Waals surface area contributed by atoms with E-state index < -0.39 is 0 Å². The van der Waals surface area contributed by atoms with Gasteiger partial charge in [-0.2, -0.15) is 0 Å². The maximum atomic E-state index is 4.63. The first-order chi connectivity index (χ1) is 10.2. The van der Waals surface area contributed by atoms with Crippen LogP contribution in [0.5, 0.6) is 0 Å². The van der Waals surface area contributed by atoms with Crippen LogP contribution in [-0.4, -0.2) is 47.6 Å². The highest BCUT2D eigenvalue weighted by molar-refractivity contribution is 5.47. The quantitative estimate of drug-likeness (QED) is 0.771. The van der Waals surface area contributed by atoms with Crippen LogP contribution in [0.15, 0.2) is 6.07 Å². The third-order valence-electron chi connectivity index (χ3n) is 3.99. The molecule has 0 saturated carbocycles. The highest BCUT2D eigenvalue weighted by atomic mass is 15.1. The third kappa shape index (κ3) is 4.84. The summed E-state index contributed by atoms with van der Waals surface area (Å²) in [6.45, 7) is 12.0. The number of rotatable bonds is 8. The third-order valence-corrected chi connectivity index (χ3v) is 3.99. The topological polar surface area (TPSA) is 53.1 Å². The molecular weight excluding hydrogens is 262 g/mol. The van der Waals surface area contributed by atoms with Crippen molar-refractivity contribution in [2.24, 2.45) is 5.92 Å². The second kappa shape index (κ2) is 8.17. The molecule has 1 fully saturated rings. The molecule has 1 aromatic heterocycles. The molecule has 0 aromatic carbocycles. The zero-order chi connectivity index (χ0) is 15.1. The van der Waals surface area contributed by atoms with E-state index in [4.69, 9.17) is 0 Å². The average Bonchev–Trinajstić information content (AvgIpc) is 2.94. The number of likely N-dealkylation sites (tertiary alicyclic amines) is 1. The van der Waals surface area contributed by atoms with Crippen molar-refractivity contribution in [3.05, 3.63) is 11.9 Å². The van der Waals surface area contributed by atoms with Gasteiger partial charge in [0, 0.05) is 32.1 Å². The van der Waals surface area contributed by atoms with Crippen molar-refractivity contribution in [2.75, 3.05) is 43.4 Å². The van der Waals surface area contributed by atoms with Gasteiger partial charge in [0.1, 0.15) is 17.5 Å². The van der Waals surface area contributed by atoms with E-state index in [1.165, 1.54) is 19.5 Å². The normalized spacial score (nSPS) is 18.9. The predicted octanol–water partition coefficient (Wildman–Crippen LogP) is 2.61. The summed E-state index contributed by atoms with van der Waals surface area (Å²) >= 11 is 0. The second-order valence-corrected chi connectivity index (χ2v) is 5.76. The Labute approximate surface area is 128 Å². The Morgan fingerprint density at radius 3 is 2.57 bits per heavy atom. The molecule has 2 N–H and O–H groups in total. The van der Waals surface area contributed by atoms with E-state index in [1.807, 2.05) is 6.07 Å². The van der Waals surface area contributed by atoms with Gasteiger partial charge in [-0.15, -0.1) is 0 Å². The fourth-order valence-electron chi connectivity index (χ4n) is 2.81. The summed E-state index contributed by atoms with van der Waals surface area (Å²) in [5, 5.41) is 6.80. The van der Waals surface area contributed by atoms with Gasteiger partial charge >= 0.3 is 0 Å². The number of aromatic nitrogens is 2. The molecule has 5 heteroatoms. The number of hydrogen-bond donors (Lipinski definition) is 2. The van der Waals surface area contributed by atoms with Gasteiger partial charge in [-0.25, -0.2) is 9.97 Å². The summed E-state index contributed by atoms with van der Waals surface area (Å²) in [7, 11) is 0. The largest absolute Gasteiger partial charge is 0.370 e. The van der Waals surface area contributed by atoms with E-state index in [0.29, 0.717) is 0 Å². The molecule has 1 unspecified atom stereocenters. The number of hydrogen-bond acceptors (Lipinski definition) is 5. The summed E-state index contributed by atoms with van der Waals surface area (Å²) < 4.78 is 0. The Balaban J connectivity index is 1.94. The molecule has 0 spiro atoms. The van der Waals surface area contributed by atoms with E-state index in [2.05, 4.69) is 46.3 Å². The van der Waals surface area contributed by atoms with Crippen molar-refractivity contribution in [3.63, 3.8) is 0 Å². The lowest BCUT2D eigenvalue weighted by atomic mass is 10.1. The van der Waals surface area contributed by atoms with Crippen LogP contribution >= 0.6 is 0 Å². The molecule has 0 radical (unpaired) electrons. The summed E-state index contributed by atoms with van der Waals surface area (Å²) in [5.41, 5.74) is 0. The molecule has 0 amide bonds. The number of anilines is 2. The van der Waals surface area contributed by atoms with Crippen molar-refractivity contribution in [2.45, 2.75) is 40.0 Å². The SMILES string of the molecule is CCCc1nc(NCC)cc(NCC2CCN(CC)C2)n1. The number of nitrogens with zero attached hydrogens (tertiary/aromatic N) is 3. The summed E-state index contributed by atoms with van der Waals surface area (Å²) in [4.78, 5) is 11.7. The molecule has 21 heavy (non-hydrogen) atoms. The van der Waals surface area contributed by atoms with Gasteiger partial charge in [0.05, 0.1) is 0 Å². The minimum absolute atomic E-state index is 0.733. The molecule has 1 aromatic rings. The Kier molecular flexibility index (Phi) is 6.23. The summed E-state index contributed by atoms with van der Waals surface area (Å²) in [5.74, 6) is 3.55. The zero-order valence-electron chi connectivity index (χ0n) is 13.7. The Morgan fingerprint density at radius 1 is 1.19 bits per heavy atom. The summed E-state index contributed by atoms with van der Waals surface area (Å²) in [6.07, 6.45) is 3.29. The molecule has 2 rings (SSSR count). The minimum atomic E-state index is 0.733. The van der Waals surface area contributed by atoms with E-state index in [-0.39, 0.29) is 0 Å². The molecule has 2 heterocycles. The number of aryl methyl sites for hydroxylation is 1. The van der Waals surface area contributed by atoms with Crippen LogP contribution < -0.4 is 10.6 Å². The van der Waals surface area contributed by atoms with Crippen LogP contribution in [0.1, 0.15) is 39.4 Å². The zero-order valence-corrected chi connectivity index (χ0v) is 13.7. The first-order valence-electron chi connectivity index (χ1n) is 8.33. The lowest BCUT2D eigenvalue weighted by Gasteiger charge is -2.15. The molecule has 5 nitrogen and oxygen atoms in total. The van der Waals surface area contributed by atoms with Gasteiger partial charge in [0.2, 0.25) is 0 Å². The van der Waals surface area contributed by atoms with Gasteiger partial charge in [-0.1, -0.05) is 13.8 Å². The van der Waals surface area contributed by atoms with Crippen molar-refractivity contribution >= 4 is 11.6 Å². The molecule has 1 aliphatic rings. The highest BCUT2D eigenvalue weighted by Gasteiger charge is 2.20. The molecular formula is C16H29N5. The van der Waals surface area contributed by atoms with Crippen LogP contribution in [-0.2, 0) is 6.42 Å². The van der Waals surface area contributed by atoms with Crippen molar-refractivity contribution in [1.82, 2.24) is 14.9 Å². The minimum Gasteiger partial charge on any atom is -0.370 e. The first kappa shape index (κ1) is 16.0. The first-order valence-corrected chi connectivity index (χ1v) is 8.33. The molecule has 1 atom stereocenters. The smallest absolute Gasteiger partial charge is 0.133 e. The Morgan fingerprint density at radius 2 is 1.95 bits per heavy atom. The van der Waals surface area contributed by atoms with Crippen molar-refractivity contribution < 1.29 is 0 Å². The fourth-order valence-corrected chi connectivity index (χ4v) is 2.81. The van der Waals surface area contributed by atoms with Crippen LogP contribution in [0, 0.1) is 5.92 Å². The second-order valence-electron chi connectivity index (χ2n) is 5.76. The van der Waals surface area contributed by atoms with E-state index in [9.17, 15) is 0 Å². The van der Waals surface area contributed by atoms with Crippen LogP contribution in [0.25, 0.3) is 0 Å². The number of nitrogens with one attached hydrogen (secondary N) is 2. The lowest BCUT2D eigenvalue weighted by molar-refractivity contribution is 0.345. The van der Waals surface area contributed by atoms with Gasteiger partial charge in [0.15, 0.2) is 0 Å². The molecule has 0 aliphatic carbocycles. The average molecular weight is 291 g/mol.